The van der Waals surface area contributed by atoms with Crippen molar-refractivity contribution in [2.45, 2.75) is 32.6 Å². The number of rotatable bonds is 3. The molecule has 4 heteroatoms. The van der Waals surface area contributed by atoms with Gasteiger partial charge in [0, 0.05) is 13.2 Å². The molecule has 0 aromatic heterocycles. The van der Waals surface area contributed by atoms with Crippen molar-refractivity contribution in [3.63, 3.8) is 0 Å². The maximum atomic E-state index is 12.0. The molecule has 1 N–H and O–H groups in total. The highest BCUT2D eigenvalue weighted by atomic mass is 16.3. The molecule has 1 heterocycles. The van der Waals surface area contributed by atoms with E-state index < -0.39 is 0 Å². The summed E-state index contributed by atoms with van der Waals surface area (Å²) in [6.45, 7) is 2.25. The highest BCUT2D eigenvalue weighted by Crippen LogP contribution is 2.38. The van der Waals surface area contributed by atoms with Gasteiger partial charge >= 0.3 is 0 Å². The first-order valence-electron chi connectivity index (χ1n) is 6.11. The number of hydrogen-bond donors (Lipinski definition) is 1. The summed E-state index contributed by atoms with van der Waals surface area (Å²) in [6.07, 6.45) is 3.84. The molecule has 2 rings (SSSR count). The van der Waals surface area contributed by atoms with Crippen molar-refractivity contribution >= 4 is 11.8 Å². The number of imide groups is 1. The maximum absolute atomic E-state index is 12.0. The SMILES string of the molecule is CC(CO)CN1C(=O)C2CCCCC2C1=O. The van der Waals surface area contributed by atoms with E-state index in [1.165, 1.54) is 4.90 Å². The van der Waals surface area contributed by atoms with Gasteiger partial charge in [0.25, 0.3) is 0 Å². The second-order valence-corrected chi connectivity index (χ2v) is 5.07. The van der Waals surface area contributed by atoms with E-state index in [0.717, 1.165) is 25.7 Å². The number of nitrogens with zero attached hydrogens (tertiary/aromatic N) is 1. The molecule has 0 radical (unpaired) electrons. The van der Waals surface area contributed by atoms with Crippen LogP contribution in [0.5, 0.6) is 0 Å². The Morgan fingerprint density at radius 1 is 1.25 bits per heavy atom. The fraction of sp³-hybridized carbons (Fsp3) is 0.833. The number of aliphatic hydroxyl groups is 1. The van der Waals surface area contributed by atoms with Gasteiger partial charge in [-0.3, -0.25) is 14.5 Å². The van der Waals surface area contributed by atoms with E-state index in [1.54, 1.807) is 0 Å². The van der Waals surface area contributed by atoms with Crippen LogP contribution in [-0.4, -0.2) is 35.0 Å². The molecule has 0 aromatic rings. The Morgan fingerprint density at radius 3 is 2.19 bits per heavy atom. The van der Waals surface area contributed by atoms with E-state index in [1.807, 2.05) is 6.92 Å². The van der Waals surface area contributed by atoms with E-state index in [9.17, 15) is 9.59 Å². The summed E-state index contributed by atoms with van der Waals surface area (Å²) in [6, 6.07) is 0. The van der Waals surface area contributed by atoms with E-state index in [-0.39, 0.29) is 36.2 Å². The molecule has 3 unspecified atom stereocenters. The summed E-state index contributed by atoms with van der Waals surface area (Å²) in [7, 11) is 0. The molecule has 4 nitrogen and oxygen atoms in total. The second-order valence-electron chi connectivity index (χ2n) is 5.07. The molecule has 2 amide bonds. The third-order valence-corrected chi connectivity index (χ3v) is 3.74. The van der Waals surface area contributed by atoms with Gasteiger partial charge in [0.1, 0.15) is 0 Å². The predicted molar refractivity (Wildman–Crippen MR) is 58.4 cm³/mol. The molecule has 0 spiro atoms. The molecule has 3 atom stereocenters. The van der Waals surface area contributed by atoms with Crippen LogP contribution >= 0.6 is 0 Å². The molecule has 90 valence electrons. The lowest BCUT2D eigenvalue weighted by Crippen LogP contribution is -2.35. The first-order chi connectivity index (χ1) is 7.65. The molecule has 1 saturated heterocycles. The van der Waals surface area contributed by atoms with E-state index >= 15 is 0 Å². The summed E-state index contributed by atoms with van der Waals surface area (Å²) < 4.78 is 0. The zero-order valence-electron chi connectivity index (χ0n) is 9.69. The van der Waals surface area contributed by atoms with Gasteiger partial charge in [0.15, 0.2) is 0 Å². The van der Waals surface area contributed by atoms with Crippen LogP contribution in [-0.2, 0) is 9.59 Å². The number of likely N-dealkylation sites (tertiary alicyclic amines) is 1. The number of carbonyl (C=O) groups is 2. The summed E-state index contributed by atoms with van der Waals surface area (Å²) >= 11 is 0. The summed E-state index contributed by atoms with van der Waals surface area (Å²) in [5, 5.41) is 8.98. The lowest BCUT2D eigenvalue weighted by Gasteiger charge is -2.19. The van der Waals surface area contributed by atoms with Crippen LogP contribution in [0.3, 0.4) is 0 Å². The van der Waals surface area contributed by atoms with Gasteiger partial charge in [0.05, 0.1) is 11.8 Å². The Bertz CT molecular complexity index is 279. The average molecular weight is 225 g/mol. The smallest absolute Gasteiger partial charge is 0.233 e. The highest BCUT2D eigenvalue weighted by molar-refractivity contribution is 6.05. The molecule has 0 aromatic carbocycles. The molecule has 16 heavy (non-hydrogen) atoms. The van der Waals surface area contributed by atoms with Gasteiger partial charge in [-0.1, -0.05) is 19.8 Å². The topological polar surface area (TPSA) is 57.6 Å². The third kappa shape index (κ3) is 1.86. The fourth-order valence-corrected chi connectivity index (χ4v) is 2.78. The average Bonchev–Trinajstić information content (AvgIpc) is 2.55. The minimum atomic E-state index is -0.0628. The van der Waals surface area contributed by atoms with Gasteiger partial charge in [-0.15, -0.1) is 0 Å². The van der Waals surface area contributed by atoms with Crippen molar-refractivity contribution in [1.82, 2.24) is 4.90 Å². The summed E-state index contributed by atoms with van der Waals surface area (Å²) in [4.78, 5) is 25.4. The largest absolute Gasteiger partial charge is 0.396 e. The molecule has 1 aliphatic carbocycles. The Balaban J connectivity index is 2.09. The van der Waals surface area contributed by atoms with Gasteiger partial charge in [-0.2, -0.15) is 0 Å². The van der Waals surface area contributed by atoms with E-state index in [2.05, 4.69) is 0 Å². The van der Waals surface area contributed by atoms with Gasteiger partial charge in [0.2, 0.25) is 11.8 Å². The van der Waals surface area contributed by atoms with Crippen molar-refractivity contribution in [2.24, 2.45) is 17.8 Å². The van der Waals surface area contributed by atoms with Crippen LogP contribution in [0.4, 0.5) is 0 Å². The molecular formula is C12H19NO3. The standard InChI is InChI=1S/C12H19NO3/c1-8(7-14)6-13-11(15)9-4-2-3-5-10(9)12(13)16/h8-10,14H,2-7H2,1H3. The highest BCUT2D eigenvalue weighted by Gasteiger charge is 2.47. The van der Waals surface area contributed by atoms with Crippen LogP contribution < -0.4 is 0 Å². The van der Waals surface area contributed by atoms with Crippen LogP contribution in [0.1, 0.15) is 32.6 Å². The summed E-state index contributed by atoms with van der Waals surface area (Å²) in [5.74, 6) is -0.155. The Morgan fingerprint density at radius 2 is 1.75 bits per heavy atom. The van der Waals surface area contributed by atoms with Gasteiger partial charge in [-0.05, 0) is 18.8 Å². The van der Waals surface area contributed by atoms with Crippen molar-refractivity contribution in [3.05, 3.63) is 0 Å². The maximum Gasteiger partial charge on any atom is 0.233 e. The molecule has 0 bridgehead atoms. The number of amides is 2. The number of fused-ring (bicyclic) bond motifs is 1. The normalized spacial score (nSPS) is 31.8. The lowest BCUT2D eigenvalue weighted by atomic mass is 9.81. The quantitative estimate of drug-likeness (QED) is 0.722. The van der Waals surface area contributed by atoms with Crippen LogP contribution in [0, 0.1) is 17.8 Å². The van der Waals surface area contributed by atoms with Crippen molar-refractivity contribution < 1.29 is 14.7 Å². The molecule has 1 saturated carbocycles. The first kappa shape index (κ1) is 11.6. The second kappa shape index (κ2) is 4.53. The lowest BCUT2D eigenvalue weighted by molar-refractivity contribution is -0.140. The predicted octanol–water partition coefficient (Wildman–Crippen LogP) is 0.790. The van der Waals surface area contributed by atoms with Crippen LogP contribution in [0.25, 0.3) is 0 Å². The Hall–Kier alpha value is -0.900. The van der Waals surface area contributed by atoms with Gasteiger partial charge in [-0.25, -0.2) is 0 Å². The first-order valence-corrected chi connectivity index (χ1v) is 6.11. The monoisotopic (exact) mass is 225 g/mol. The fourth-order valence-electron chi connectivity index (χ4n) is 2.78. The minimum Gasteiger partial charge on any atom is -0.396 e. The van der Waals surface area contributed by atoms with E-state index in [0.29, 0.717) is 6.54 Å². The Labute approximate surface area is 95.6 Å². The molecule has 2 aliphatic rings. The molecular weight excluding hydrogens is 206 g/mol. The van der Waals surface area contributed by atoms with Crippen molar-refractivity contribution in [1.29, 1.82) is 0 Å². The zero-order chi connectivity index (χ0) is 11.7. The third-order valence-electron chi connectivity index (χ3n) is 3.74. The van der Waals surface area contributed by atoms with Crippen LogP contribution in [0.15, 0.2) is 0 Å². The van der Waals surface area contributed by atoms with Crippen LogP contribution in [0.2, 0.25) is 0 Å². The van der Waals surface area contributed by atoms with Gasteiger partial charge < -0.3 is 5.11 Å². The number of aliphatic hydroxyl groups excluding tert-OH is 1. The summed E-state index contributed by atoms with van der Waals surface area (Å²) in [5.41, 5.74) is 0. The molecule has 2 fully saturated rings. The minimum absolute atomic E-state index is 0.00463. The zero-order valence-corrected chi connectivity index (χ0v) is 9.69. The molecule has 1 aliphatic heterocycles. The van der Waals surface area contributed by atoms with Crippen molar-refractivity contribution in [3.8, 4) is 0 Å². The number of carbonyl (C=O) groups excluding carboxylic acids is 2. The number of hydrogen-bond acceptors (Lipinski definition) is 3. The van der Waals surface area contributed by atoms with E-state index in [4.69, 9.17) is 5.11 Å². The Kier molecular flexibility index (Phi) is 3.28. The van der Waals surface area contributed by atoms with Crippen molar-refractivity contribution in [2.75, 3.05) is 13.2 Å².